The lowest BCUT2D eigenvalue weighted by molar-refractivity contribution is -0.144. The van der Waals surface area contributed by atoms with E-state index in [-0.39, 0.29) is 5.69 Å². The maximum absolute atomic E-state index is 12.7. The van der Waals surface area contributed by atoms with Gasteiger partial charge in [0.05, 0.1) is 5.69 Å². The Morgan fingerprint density at radius 3 is 2.15 bits per heavy atom. The average molecular weight is 349 g/mol. The zero-order chi connectivity index (χ0) is 15.1. The van der Waals surface area contributed by atoms with Crippen molar-refractivity contribution in [1.29, 1.82) is 0 Å². The van der Waals surface area contributed by atoms with Gasteiger partial charge in [0, 0.05) is 17.6 Å². The molecule has 0 N–H and O–H groups in total. The Morgan fingerprint density at radius 2 is 1.65 bits per heavy atom. The lowest BCUT2D eigenvalue weighted by Crippen LogP contribution is -2.40. The SMILES string of the molecule is Cn1c(C(F)(F)F)cc(=O)n(-c2ccc(Br)cc2)c1=O. The highest BCUT2D eigenvalue weighted by Gasteiger charge is 2.35. The fraction of sp³-hybridized carbons (Fsp3) is 0.167. The summed E-state index contributed by atoms with van der Waals surface area (Å²) in [5.41, 5.74) is -3.15. The van der Waals surface area contributed by atoms with Crippen LogP contribution in [0.2, 0.25) is 0 Å². The van der Waals surface area contributed by atoms with E-state index in [1.54, 1.807) is 12.1 Å². The summed E-state index contributed by atoms with van der Waals surface area (Å²) in [6.07, 6.45) is -4.76. The number of hydrogen-bond acceptors (Lipinski definition) is 2. The van der Waals surface area contributed by atoms with Gasteiger partial charge in [-0.05, 0) is 24.3 Å². The molecular formula is C12H8BrF3N2O2. The van der Waals surface area contributed by atoms with Crippen LogP contribution in [-0.2, 0) is 13.2 Å². The molecule has 0 saturated carbocycles. The van der Waals surface area contributed by atoms with Crippen molar-refractivity contribution < 1.29 is 13.2 Å². The molecule has 0 bridgehead atoms. The molecule has 0 aliphatic carbocycles. The second-order valence-corrected chi connectivity index (χ2v) is 4.93. The molecule has 8 heteroatoms. The summed E-state index contributed by atoms with van der Waals surface area (Å²) in [4.78, 5) is 23.7. The van der Waals surface area contributed by atoms with E-state index in [1.807, 2.05) is 0 Å². The van der Waals surface area contributed by atoms with Crippen LogP contribution in [0.5, 0.6) is 0 Å². The van der Waals surface area contributed by atoms with Gasteiger partial charge in [-0.3, -0.25) is 9.36 Å². The normalized spacial score (nSPS) is 11.7. The summed E-state index contributed by atoms with van der Waals surface area (Å²) in [5, 5.41) is 0. The average Bonchev–Trinajstić information content (AvgIpc) is 2.35. The predicted molar refractivity (Wildman–Crippen MR) is 70.0 cm³/mol. The summed E-state index contributed by atoms with van der Waals surface area (Å²) in [6.45, 7) is 0. The third-order valence-electron chi connectivity index (χ3n) is 2.70. The van der Waals surface area contributed by atoms with Crippen LogP contribution in [0.1, 0.15) is 5.69 Å². The minimum atomic E-state index is -4.76. The van der Waals surface area contributed by atoms with Gasteiger partial charge in [0.15, 0.2) is 0 Å². The van der Waals surface area contributed by atoms with Crippen LogP contribution in [0.4, 0.5) is 13.2 Å². The summed E-state index contributed by atoms with van der Waals surface area (Å²) < 4.78 is 39.9. The van der Waals surface area contributed by atoms with E-state index < -0.39 is 23.1 Å². The molecule has 0 spiro atoms. The van der Waals surface area contributed by atoms with Crippen molar-refractivity contribution in [3.05, 3.63) is 61.3 Å². The van der Waals surface area contributed by atoms with Crippen LogP contribution in [0.3, 0.4) is 0 Å². The molecule has 0 unspecified atom stereocenters. The maximum atomic E-state index is 12.7. The highest BCUT2D eigenvalue weighted by atomic mass is 79.9. The Morgan fingerprint density at radius 1 is 1.10 bits per heavy atom. The van der Waals surface area contributed by atoms with E-state index in [4.69, 9.17) is 0 Å². The van der Waals surface area contributed by atoms with Gasteiger partial charge in [-0.1, -0.05) is 15.9 Å². The van der Waals surface area contributed by atoms with Crippen molar-refractivity contribution in [1.82, 2.24) is 9.13 Å². The number of halogens is 4. The third-order valence-corrected chi connectivity index (χ3v) is 3.22. The zero-order valence-corrected chi connectivity index (χ0v) is 11.7. The van der Waals surface area contributed by atoms with E-state index in [1.165, 1.54) is 12.1 Å². The van der Waals surface area contributed by atoms with Crippen LogP contribution in [0.15, 0.2) is 44.4 Å². The van der Waals surface area contributed by atoms with E-state index in [0.29, 0.717) is 15.2 Å². The summed E-state index contributed by atoms with van der Waals surface area (Å²) in [5.74, 6) is 0. The fourth-order valence-electron chi connectivity index (χ4n) is 1.73. The van der Waals surface area contributed by atoms with Crippen LogP contribution in [-0.4, -0.2) is 9.13 Å². The topological polar surface area (TPSA) is 44.0 Å². The molecule has 1 aromatic carbocycles. The molecule has 0 fully saturated rings. The maximum Gasteiger partial charge on any atom is 0.431 e. The van der Waals surface area contributed by atoms with Crippen molar-refractivity contribution >= 4 is 15.9 Å². The zero-order valence-electron chi connectivity index (χ0n) is 10.1. The smallest absolute Gasteiger partial charge is 0.292 e. The first kappa shape index (κ1) is 14.6. The Kier molecular flexibility index (Phi) is 3.59. The Balaban J connectivity index is 2.75. The first-order valence-corrected chi connectivity index (χ1v) is 6.17. The number of rotatable bonds is 1. The van der Waals surface area contributed by atoms with E-state index in [0.717, 1.165) is 11.5 Å². The lowest BCUT2D eigenvalue weighted by atomic mass is 10.3. The quantitative estimate of drug-likeness (QED) is 0.793. The molecule has 106 valence electrons. The number of benzene rings is 1. The number of hydrogen-bond donors (Lipinski definition) is 0. The predicted octanol–water partition coefficient (Wildman–Crippen LogP) is 2.32. The number of alkyl halides is 3. The third kappa shape index (κ3) is 2.55. The standard InChI is InChI=1S/C12H8BrF3N2O2/c1-17-9(12(14,15)16)6-10(19)18(11(17)20)8-4-2-7(13)3-5-8/h2-6H,1H3. The highest BCUT2D eigenvalue weighted by molar-refractivity contribution is 9.10. The number of nitrogens with zero attached hydrogens (tertiary/aromatic N) is 2. The molecule has 4 nitrogen and oxygen atoms in total. The van der Waals surface area contributed by atoms with Crippen LogP contribution in [0, 0.1) is 0 Å². The van der Waals surface area contributed by atoms with Crippen molar-refractivity contribution in [2.45, 2.75) is 6.18 Å². The summed E-state index contributed by atoms with van der Waals surface area (Å²) >= 11 is 3.19. The molecule has 2 aromatic rings. The lowest BCUT2D eigenvalue weighted by Gasteiger charge is -2.13. The largest absolute Gasteiger partial charge is 0.431 e. The molecule has 0 aliphatic rings. The van der Waals surface area contributed by atoms with Crippen molar-refractivity contribution in [2.75, 3.05) is 0 Å². The molecule has 0 atom stereocenters. The van der Waals surface area contributed by atoms with Gasteiger partial charge in [-0.15, -0.1) is 0 Å². The molecule has 0 aliphatic heterocycles. The van der Waals surface area contributed by atoms with Crippen molar-refractivity contribution in [2.24, 2.45) is 7.05 Å². The van der Waals surface area contributed by atoms with Gasteiger partial charge >= 0.3 is 11.9 Å². The molecular weight excluding hydrogens is 341 g/mol. The molecule has 20 heavy (non-hydrogen) atoms. The molecule has 0 saturated heterocycles. The van der Waals surface area contributed by atoms with Crippen molar-refractivity contribution in [3.8, 4) is 5.69 Å². The van der Waals surface area contributed by atoms with Gasteiger partial charge in [0.2, 0.25) is 0 Å². The van der Waals surface area contributed by atoms with Gasteiger partial charge in [-0.2, -0.15) is 13.2 Å². The summed E-state index contributed by atoms with van der Waals surface area (Å²) in [6, 6.07) is 6.49. The Labute approximate surface area is 119 Å². The van der Waals surface area contributed by atoms with Crippen LogP contribution >= 0.6 is 15.9 Å². The van der Waals surface area contributed by atoms with Crippen LogP contribution < -0.4 is 11.2 Å². The molecule has 0 radical (unpaired) electrons. The molecule has 1 heterocycles. The van der Waals surface area contributed by atoms with E-state index in [9.17, 15) is 22.8 Å². The van der Waals surface area contributed by atoms with Gasteiger partial charge in [0.25, 0.3) is 5.56 Å². The first-order valence-electron chi connectivity index (χ1n) is 5.38. The second-order valence-electron chi connectivity index (χ2n) is 4.02. The fourth-order valence-corrected chi connectivity index (χ4v) is 1.99. The monoisotopic (exact) mass is 348 g/mol. The molecule has 0 amide bonds. The van der Waals surface area contributed by atoms with Crippen molar-refractivity contribution in [3.63, 3.8) is 0 Å². The minimum absolute atomic E-state index is 0.201. The summed E-state index contributed by atoms with van der Waals surface area (Å²) in [7, 11) is 0.972. The first-order chi connectivity index (χ1) is 9.21. The van der Waals surface area contributed by atoms with Gasteiger partial charge in [-0.25, -0.2) is 9.36 Å². The second kappa shape index (κ2) is 4.93. The molecule has 2 rings (SSSR count). The minimum Gasteiger partial charge on any atom is -0.292 e. The van der Waals surface area contributed by atoms with E-state index >= 15 is 0 Å². The highest BCUT2D eigenvalue weighted by Crippen LogP contribution is 2.26. The Bertz CT molecular complexity index is 760. The van der Waals surface area contributed by atoms with E-state index in [2.05, 4.69) is 15.9 Å². The number of aromatic nitrogens is 2. The molecule has 1 aromatic heterocycles. The van der Waals surface area contributed by atoms with Gasteiger partial charge < -0.3 is 0 Å². The van der Waals surface area contributed by atoms with Gasteiger partial charge in [0.1, 0.15) is 5.69 Å². The van der Waals surface area contributed by atoms with Crippen LogP contribution in [0.25, 0.3) is 5.69 Å². The Hall–Kier alpha value is -1.83.